The van der Waals surface area contributed by atoms with Gasteiger partial charge >= 0.3 is 0 Å². The van der Waals surface area contributed by atoms with E-state index >= 15 is 0 Å². The van der Waals surface area contributed by atoms with Crippen molar-refractivity contribution in [3.63, 3.8) is 0 Å². The Balaban J connectivity index is 1.67. The molecule has 1 aromatic rings. The Labute approximate surface area is 132 Å². The van der Waals surface area contributed by atoms with Crippen molar-refractivity contribution in [2.24, 2.45) is 11.8 Å². The van der Waals surface area contributed by atoms with Gasteiger partial charge in [-0.05, 0) is 32.6 Å². The van der Waals surface area contributed by atoms with Crippen LogP contribution < -0.4 is 4.90 Å². The predicted molar refractivity (Wildman–Crippen MR) is 86.2 cm³/mol. The standard InChI is InChI=1S/C19H25NO2/c1-12-8-15-17-16(9-12)19-14(5-3-7-22-19)11-20(17)10-13-4-2-6-21-18(13)15/h8-9,13-14,18-19H,2-7,10-11H2,1H3/t13-,14-,18-,19-/m0/s1. The maximum absolute atomic E-state index is 6.20. The molecule has 4 aliphatic heterocycles. The number of hydrogen-bond acceptors (Lipinski definition) is 3. The first kappa shape index (κ1) is 13.4. The first-order chi connectivity index (χ1) is 10.8. The quantitative estimate of drug-likeness (QED) is 0.728. The maximum atomic E-state index is 6.20. The van der Waals surface area contributed by atoms with E-state index < -0.39 is 0 Å². The van der Waals surface area contributed by atoms with Crippen LogP contribution in [0.3, 0.4) is 0 Å². The van der Waals surface area contributed by atoms with Gasteiger partial charge in [-0.25, -0.2) is 0 Å². The van der Waals surface area contributed by atoms with Gasteiger partial charge in [-0.15, -0.1) is 0 Å². The molecule has 2 saturated heterocycles. The fraction of sp³-hybridized carbons (Fsp3) is 0.684. The molecule has 2 fully saturated rings. The molecule has 0 spiro atoms. The summed E-state index contributed by atoms with van der Waals surface area (Å²) < 4.78 is 12.4. The molecule has 22 heavy (non-hydrogen) atoms. The maximum Gasteiger partial charge on any atom is 0.0890 e. The fourth-order valence-electron chi connectivity index (χ4n) is 5.21. The monoisotopic (exact) mass is 299 g/mol. The normalized spacial score (nSPS) is 36.3. The number of nitrogens with zero attached hydrogens (tertiary/aromatic N) is 1. The van der Waals surface area contributed by atoms with Gasteiger partial charge in [0, 0.05) is 55.0 Å². The average molecular weight is 299 g/mol. The first-order valence-corrected chi connectivity index (χ1v) is 8.94. The zero-order chi connectivity index (χ0) is 14.7. The van der Waals surface area contributed by atoms with Gasteiger partial charge in [0.25, 0.3) is 0 Å². The van der Waals surface area contributed by atoms with Crippen LogP contribution in [0.25, 0.3) is 0 Å². The molecule has 0 amide bonds. The summed E-state index contributed by atoms with van der Waals surface area (Å²) in [6.07, 6.45) is 5.71. The lowest BCUT2D eigenvalue weighted by atomic mass is 9.76. The molecule has 4 atom stereocenters. The van der Waals surface area contributed by atoms with Gasteiger partial charge in [-0.1, -0.05) is 17.7 Å². The lowest BCUT2D eigenvalue weighted by molar-refractivity contribution is -0.0435. The summed E-state index contributed by atoms with van der Waals surface area (Å²) >= 11 is 0. The fourth-order valence-corrected chi connectivity index (χ4v) is 5.21. The molecule has 3 nitrogen and oxygen atoms in total. The molecule has 0 unspecified atom stereocenters. The first-order valence-electron chi connectivity index (χ1n) is 8.94. The Morgan fingerprint density at radius 3 is 2.00 bits per heavy atom. The van der Waals surface area contributed by atoms with E-state index in [1.807, 2.05) is 0 Å². The van der Waals surface area contributed by atoms with Crippen molar-refractivity contribution in [3.05, 3.63) is 28.8 Å². The molecule has 0 aromatic heterocycles. The second kappa shape index (κ2) is 4.97. The molecule has 118 valence electrons. The minimum absolute atomic E-state index is 0.318. The third kappa shape index (κ3) is 1.88. The van der Waals surface area contributed by atoms with E-state index in [0.29, 0.717) is 24.0 Å². The number of fused-ring (bicyclic) bond motifs is 4. The lowest BCUT2D eigenvalue weighted by Gasteiger charge is -2.50. The van der Waals surface area contributed by atoms with E-state index in [2.05, 4.69) is 24.0 Å². The van der Waals surface area contributed by atoms with Crippen molar-refractivity contribution in [2.45, 2.75) is 44.8 Å². The molecule has 0 N–H and O–H groups in total. The van der Waals surface area contributed by atoms with Crippen LogP contribution in [0.5, 0.6) is 0 Å². The molecule has 0 bridgehead atoms. The Morgan fingerprint density at radius 2 is 1.45 bits per heavy atom. The minimum Gasteiger partial charge on any atom is -0.373 e. The van der Waals surface area contributed by atoms with Crippen LogP contribution in [0.1, 0.15) is 54.6 Å². The zero-order valence-corrected chi connectivity index (χ0v) is 13.4. The van der Waals surface area contributed by atoms with Gasteiger partial charge in [0.1, 0.15) is 0 Å². The highest BCUT2D eigenvalue weighted by Crippen LogP contribution is 2.52. The van der Waals surface area contributed by atoms with Crippen molar-refractivity contribution in [2.75, 3.05) is 31.2 Å². The van der Waals surface area contributed by atoms with E-state index in [1.54, 1.807) is 0 Å². The topological polar surface area (TPSA) is 21.7 Å². The summed E-state index contributed by atoms with van der Waals surface area (Å²) in [5.41, 5.74) is 5.70. The number of benzene rings is 1. The summed E-state index contributed by atoms with van der Waals surface area (Å²) in [4.78, 5) is 2.66. The molecular weight excluding hydrogens is 274 g/mol. The number of rotatable bonds is 0. The summed E-state index contributed by atoms with van der Waals surface area (Å²) in [7, 11) is 0. The van der Waals surface area contributed by atoms with Crippen molar-refractivity contribution in [3.8, 4) is 0 Å². The number of anilines is 1. The Morgan fingerprint density at radius 1 is 0.909 bits per heavy atom. The SMILES string of the molecule is Cc1cc2c3c(c1)[C@H]1OCCC[C@H]1CN3C[C@@H]1CCCO[C@H]21. The summed E-state index contributed by atoms with van der Waals surface area (Å²) in [5.74, 6) is 1.36. The third-order valence-corrected chi connectivity index (χ3v) is 6.04. The Kier molecular flexibility index (Phi) is 3.02. The van der Waals surface area contributed by atoms with Gasteiger partial charge in [0.2, 0.25) is 0 Å². The highest BCUT2D eigenvalue weighted by atomic mass is 16.5. The largest absolute Gasteiger partial charge is 0.373 e. The molecule has 4 aliphatic rings. The molecule has 5 rings (SSSR count). The van der Waals surface area contributed by atoms with E-state index in [9.17, 15) is 0 Å². The second-order valence-electron chi connectivity index (χ2n) is 7.58. The van der Waals surface area contributed by atoms with Crippen LogP contribution >= 0.6 is 0 Å². The summed E-state index contributed by atoms with van der Waals surface area (Å²) in [6, 6.07) is 4.74. The van der Waals surface area contributed by atoms with Crippen molar-refractivity contribution < 1.29 is 9.47 Å². The smallest absolute Gasteiger partial charge is 0.0890 e. The van der Waals surface area contributed by atoms with Crippen molar-refractivity contribution in [1.29, 1.82) is 0 Å². The van der Waals surface area contributed by atoms with Crippen LogP contribution in [-0.2, 0) is 9.47 Å². The number of ether oxygens (including phenoxy) is 2. The Hall–Kier alpha value is -1.06. The molecule has 0 aliphatic carbocycles. The summed E-state index contributed by atoms with van der Waals surface area (Å²) in [6.45, 7) is 6.42. The van der Waals surface area contributed by atoms with E-state index in [4.69, 9.17) is 9.47 Å². The van der Waals surface area contributed by atoms with Crippen LogP contribution in [-0.4, -0.2) is 26.3 Å². The van der Waals surface area contributed by atoms with Gasteiger partial charge < -0.3 is 14.4 Å². The van der Waals surface area contributed by atoms with Gasteiger partial charge in [0.05, 0.1) is 12.2 Å². The highest BCUT2D eigenvalue weighted by molar-refractivity contribution is 5.66. The van der Waals surface area contributed by atoms with Gasteiger partial charge in [0.15, 0.2) is 0 Å². The van der Waals surface area contributed by atoms with E-state index in [0.717, 1.165) is 13.2 Å². The van der Waals surface area contributed by atoms with Crippen LogP contribution in [0.15, 0.2) is 12.1 Å². The predicted octanol–water partition coefficient (Wildman–Crippen LogP) is 3.76. The van der Waals surface area contributed by atoms with E-state index in [1.165, 1.54) is 61.2 Å². The molecule has 1 aromatic carbocycles. The minimum atomic E-state index is 0.318. The van der Waals surface area contributed by atoms with Gasteiger partial charge in [-0.2, -0.15) is 0 Å². The number of aryl methyl sites for hydroxylation is 1. The van der Waals surface area contributed by atoms with Gasteiger partial charge in [-0.3, -0.25) is 0 Å². The van der Waals surface area contributed by atoms with Crippen LogP contribution in [0.2, 0.25) is 0 Å². The van der Waals surface area contributed by atoms with Crippen molar-refractivity contribution in [1.82, 2.24) is 0 Å². The Bertz CT molecular complexity index is 552. The van der Waals surface area contributed by atoms with E-state index in [-0.39, 0.29) is 0 Å². The molecule has 0 saturated carbocycles. The van der Waals surface area contributed by atoms with Crippen LogP contribution in [0, 0.1) is 18.8 Å². The summed E-state index contributed by atoms with van der Waals surface area (Å²) in [5, 5.41) is 0. The molecular formula is C19H25NO2. The third-order valence-electron chi connectivity index (χ3n) is 6.04. The van der Waals surface area contributed by atoms with Crippen LogP contribution in [0.4, 0.5) is 5.69 Å². The molecule has 0 radical (unpaired) electrons. The lowest BCUT2D eigenvalue weighted by Crippen LogP contribution is -2.48. The molecule has 4 heterocycles. The molecule has 3 heteroatoms. The number of hydrogen-bond donors (Lipinski definition) is 0. The average Bonchev–Trinajstić information content (AvgIpc) is 2.54. The van der Waals surface area contributed by atoms with Crippen molar-refractivity contribution >= 4 is 5.69 Å². The highest BCUT2D eigenvalue weighted by Gasteiger charge is 2.44. The second-order valence-corrected chi connectivity index (χ2v) is 7.58. The zero-order valence-electron chi connectivity index (χ0n) is 13.4.